The molecule has 0 fully saturated rings. The van der Waals surface area contributed by atoms with Crippen molar-refractivity contribution in [1.29, 1.82) is 0 Å². The lowest BCUT2D eigenvalue weighted by molar-refractivity contribution is -0.125. The van der Waals surface area contributed by atoms with Crippen LogP contribution in [0.25, 0.3) is 0 Å². The summed E-state index contributed by atoms with van der Waals surface area (Å²) in [5.41, 5.74) is 22.6. The maximum atomic E-state index is 12.6. The Morgan fingerprint density at radius 2 is 0.909 bits per heavy atom. The van der Waals surface area contributed by atoms with Gasteiger partial charge in [0.15, 0.2) is 0 Å². The molecular formula is C78H84Cl2N4O7P4S4. The summed E-state index contributed by atoms with van der Waals surface area (Å²) in [6.07, 6.45) is 0. The molecule has 3 amide bonds. The van der Waals surface area contributed by atoms with Gasteiger partial charge in [-0.2, -0.15) is 0 Å². The number of alkyl halides is 1. The van der Waals surface area contributed by atoms with E-state index in [1.807, 2.05) is 172 Å². The molecule has 0 bridgehead atoms. The van der Waals surface area contributed by atoms with E-state index in [1.54, 1.807) is 24.3 Å². The van der Waals surface area contributed by atoms with Crippen molar-refractivity contribution in [2.45, 2.75) is 78.3 Å². The highest BCUT2D eigenvalue weighted by Gasteiger charge is 2.35. The molecule has 0 radical (unpaired) electrons. The summed E-state index contributed by atoms with van der Waals surface area (Å²) in [6.45, 7) is 13.1. The number of rotatable bonds is 20. The Morgan fingerprint density at radius 3 is 1.43 bits per heavy atom. The number of ether oxygens (including phenoxy) is 2. The lowest BCUT2D eigenvalue weighted by Gasteiger charge is -2.30. The number of hydrogen-bond acceptors (Lipinski definition) is 12. The largest absolute Gasteiger partial charge is 0.494 e. The van der Waals surface area contributed by atoms with Crippen LogP contribution in [0.4, 0.5) is 0 Å². The molecule has 11 nitrogen and oxygen atoms in total. The van der Waals surface area contributed by atoms with Crippen molar-refractivity contribution in [2.24, 2.45) is 5.73 Å². The summed E-state index contributed by atoms with van der Waals surface area (Å²) in [6, 6.07) is 79.8. The first kappa shape index (κ1) is 86.0. The third kappa shape index (κ3) is 29.1. The number of aliphatic hydroxyl groups excluding tert-OH is 2. The van der Waals surface area contributed by atoms with Crippen molar-refractivity contribution in [3.63, 3.8) is 0 Å². The van der Waals surface area contributed by atoms with Gasteiger partial charge >= 0.3 is 0 Å². The molecule has 3 atom stereocenters. The van der Waals surface area contributed by atoms with Crippen LogP contribution in [-0.4, -0.2) is 47.6 Å². The Hall–Kier alpha value is -7.25. The van der Waals surface area contributed by atoms with Gasteiger partial charge in [0, 0.05) is 16.1 Å². The van der Waals surface area contributed by atoms with Crippen LogP contribution in [0.2, 0.25) is 5.02 Å². The quantitative estimate of drug-likeness (QED) is 0.0243. The van der Waals surface area contributed by atoms with E-state index in [0.29, 0.717) is 29.4 Å². The van der Waals surface area contributed by atoms with Gasteiger partial charge in [0.25, 0.3) is 5.91 Å². The molecule has 7 N–H and O–H groups in total. The average Bonchev–Trinajstić information content (AvgIpc) is 0.762. The molecule has 10 aromatic rings. The lowest BCUT2D eigenvalue weighted by Crippen LogP contribution is -2.42. The van der Waals surface area contributed by atoms with E-state index in [9.17, 15) is 14.4 Å². The predicted molar refractivity (Wildman–Crippen MR) is 430 cm³/mol. The van der Waals surface area contributed by atoms with E-state index in [0.717, 1.165) is 61.6 Å². The summed E-state index contributed by atoms with van der Waals surface area (Å²) in [5, 5.41) is 26.6. The van der Waals surface area contributed by atoms with Gasteiger partial charge in [-0.25, -0.2) is 0 Å². The van der Waals surface area contributed by atoms with Crippen LogP contribution in [0, 0.1) is 34.6 Å². The Morgan fingerprint density at radius 1 is 0.485 bits per heavy atom. The minimum atomic E-state index is -0.798. The van der Waals surface area contributed by atoms with Gasteiger partial charge in [-0.3, -0.25) is 14.4 Å². The van der Waals surface area contributed by atoms with Crippen molar-refractivity contribution in [3.8, 4) is 11.5 Å². The molecule has 10 rings (SSSR count). The highest BCUT2D eigenvalue weighted by molar-refractivity contribution is 7.89. The zero-order valence-electron chi connectivity index (χ0n) is 56.0. The van der Waals surface area contributed by atoms with Crippen LogP contribution < -0.4 is 31.2 Å². The molecule has 21 heteroatoms. The standard InChI is InChI=1S/C26H27N3O4.C20H16Cl2.C17H21NO.C15H16O2.4HPS/c1-18-7-11-21(12-8-18)25(20-5-3-2-4-6-20)29-24(32)16-27-23(31)15-28-26(33)22-13-9-19(17-30)10-14-22;1-15-11-13-17(14-12-15)20(22,16-7-3-2-4-8-16)18-9-5-6-10-19(18)21;1-4-19-15-8-6-14(7-9-15)17(18)16-10-5-12(2)11-13(16)3;1-12-2-4-14(5-3-12)11-17-15-8-6-13(10-16)7-9-15;4*1-2/h2-14,25,30H,15-17H2,1H3,(H,27,31)(H,28,33)(H,29,32);2-14H,1H3;5-11,17H,4,18H2,1-3H3;2-9,16H,10-11H2,1H3;4*1H. The number of aliphatic hydroxyl groups is 2. The second-order valence-electron chi connectivity index (χ2n) is 21.9. The van der Waals surface area contributed by atoms with Crippen molar-refractivity contribution < 1.29 is 34.1 Å². The van der Waals surface area contributed by atoms with Crippen molar-refractivity contribution in [3.05, 3.63) is 343 Å². The number of aryl methyl sites for hydroxylation is 5. The molecule has 516 valence electrons. The molecule has 0 aliphatic heterocycles. The van der Waals surface area contributed by atoms with Gasteiger partial charge in [0.1, 0.15) is 23.0 Å². The van der Waals surface area contributed by atoms with Crippen LogP contribution in [0.15, 0.2) is 249 Å². The van der Waals surface area contributed by atoms with Gasteiger partial charge in [-0.15, -0.1) is 11.6 Å². The van der Waals surface area contributed by atoms with E-state index in [4.69, 9.17) is 48.6 Å². The number of amides is 3. The van der Waals surface area contributed by atoms with E-state index in [1.165, 1.54) is 27.8 Å². The zero-order chi connectivity index (χ0) is 73.1. The third-order valence-corrected chi connectivity index (χ3v) is 15.9. The first-order valence-electron chi connectivity index (χ1n) is 30.9. The molecule has 0 aromatic heterocycles. The first-order chi connectivity index (χ1) is 48.0. The number of carbonyl (C=O) groups is 3. The van der Waals surface area contributed by atoms with Crippen molar-refractivity contribution in [2.75, 3.05) is 19.7 Å². The van der Waals surface area contributed by atoms with Crippen molar-refractivity contribution in [1.82, 2.24) is 16.0 Å². The summed E-state index contributed by atoms with van der Waals surface area (Å²) < 4.78 is 11.1. The maximum absolute atomic E-state index is 12.6. The molecule has 0 saturated heterocycles. The normalized spacial score (nSPS) is 11.1. The minimum absolute atomic E-state index is 0.0677. The third-order valence-electron chi connectivity index (χ3n) is 14.9. The van der Waals surface area contributed by atoms with Crippen LogP contribution in [-0.2, 0) is 81.5 Å². The van der Waals surface area contributed by atoms with E-state index in [-0.39, 0.29) is 44.3 Å². The highest BCUT2D eigenvalue weighted by atomic mass is 35.5. The van der Waals surface area contributed by atoms with Crippen LogP contribution in [0.1, 0.15) is 113 Å². The summed E-state index contributed by atoms with van der Waals surface area (Å²) in [5.74, 6) is 0.477. The fraction of sp³-hybridized carbons (Fsp3) is 0.192. The second kappa shape index (κ2) is 48.5. The average molecular weight is 1510 g/mol. The van der Waals surface area contributed by atoms with Crippen LogP contribution in [0.3, 0.4) is 0 Å². The van der Waals surface area contributed by atoms with E-state index >= 15 is 0 Å². The molecule has 99 heavy (non-hydrogen) atoms. The summed E-state index contributed by atoms with van der Waals surface area (Å²) in [7, 11) is 10.2. The number of benzene rings is 10. The summed E-state index contributed by atoms with van der Waals surface area (Å²) >= 11 is 29.2. The van der Waals surface area contributed by atoms with Crippen molar-refractivity contribution >= 4 is 120 Å². The monoisotopic (exact) mass is 1510 g/mol. The molecule has 3 unspecified atom stereocenters. The maximum Gasteiger partial charge on any atom is 0.251 e. The number of hydrogen-bond donors (Lipinski definition) is 6. The molecular weight excluding hydrogens is 1430 g/mol. The number of nitrogens with two attached hydrogens (primary N) is 1. The number of carbonyl (C=O) groups excluding carboxylic acids is 3. The Balaban J connectivity index is 0.000000342. The van der Waals surface area contributed by atoms with Crippen LogP contribution in [0.5, 0.6) is 11.5 Å². The molecule has 10 aromatic carbocycles. The van der Waals surface area contributed by atoms with E-state index < -0.39 is 16.7 Å². The second-order valence-corrected chi connectivity index (χ2v) is 22.9. The van der Waals surface area contributed by atoms with Gasteiger partial charge < -0.3 is 41.4 Å². The summed E-state index contributed by atoms with van der Waals surface area (Å²) in [4.78, 5) is 36.0. The SMILES string of the molecule is CCOc1ccc(C(N)c2ccc(C)cc2C)cc1.Cc1ccc(C(Cl)(c2ccccc2)c2ccccc2Cl)cc1.Cc1ccc(C(NC(=O)CNC(=O)CNC(=O)c2ccc(CO)cc2)c2ccccc2)cc1.Cc1ccc(COc2ccc(CO)cc2)cc1.P=S.P=S.P=S.P=S. The lowest BCUT2D eigenvalue weighted by atomic mass is 9.84. The Bertz CT molecular complexity index is 3970. The number of nitrogens with one attached hydrogen (secondary N) is 3. The zero-order valence-corrected chi connectivity index (χ0v) is 64.7. The fourth-order valence-corrected chi connectivity index (χ4v) is 10.5. The molecule has 0 heterocycles. The molecule has 0 spiro atoms. The Labute approximate surface area is 623 Å². The smallest absolute Gasteiger partial charge is 0.251 e. The molecule has 0 aliphatic rings. The van der Waals surface area contributed by atoms with Gasteiger partial charge in [-0.05, 0) is 172 Å². The fourth-order valence-electron chi connectivity index (χ4n) is 9.74. The molecule has 0 saturated carbocycles. The minimum Gasteiger partial charge on any atom is -0.494 e. The first-order valence-corrected chi connectivity index (χ1v) is 38.2. The van der Waals surface area contributed by atoms with Gasteiger partial charge in [-0.1, -0.05) is 287 Å². The Kier molecular flexibility index (Phi) is 42.1. The van der Waals surface area contributed by atoms with Gasteiger partial charge in [0.2, 0.25) is 11.8 Å². The predicted octanol–water partition coefficient (Wildman–Crippen LogP) is 17.6. The topological polar surface area (TPSA) is 172 Å². The van der Waals surface area contributed by atoms with E-state index in [2.05, 4.69) is 190 Å². The van der Waals surface area contributed by atoms with Crippen LogP contribution >= 0.6 is 55.3 Å². The number of halogens is 2. The molecule has 0 aliphatic carbocycles. The highest BCUT2D eigenvalue weighted by Crippen LogP contribution is 2.45. The van der Waals surface area contributed by atoms with Gasteiger partial charge in [0.05, 0.1) is 45.0 Å².